The van der Waals surface area contributed by atoms with Crippen molar-refractivity contribution in [3.8, 4) is 0 Å². The van der Waals surface area contributed by atoms with Crippen LogP contribution in [0, 0.1) is 13.8 Å². The van der Waals surface area contributed by atoms with Crippen molar-refractivity contribution in [2.45, 2.75) is 60.1 Å². The van der Waals surface area contributed by atoms with Gasteiger partial charge in [0.1, 0.15) is 22.5 Å². The maximum Gasteiger partial charge on any atom is 0.343 e. The summed E-state index contributed by atoms with van der Waals surface area (Å²) < 4.78 is 7.79. The zero-order valence-corrected chi connectivity index (χ0v) is 22.2. The number of carbonyl (C=O) groups is 2. The van der Waals surface area contributed by atoms with Gasteiger partial charge in [0, 0.05) is 23.3 Å². The van der Waals surface area contributed by atoms with Crippen molar-refractivity contribution in [2.24, 2.45) is 0 Å². The Hall–Kier alpha value is -4.06. The zero-order valence-electron chi connectivity index (χ0n) is 22.2. The lowest BCUT2D eigenvalue weighted by molar-refractivity contribution is -0.149. The molecule has 0 bridgehead atoms. The zero-order chi connectivity index (χ0) is 26.5. The molecule has 0 amide bonds. The topological polar surface area (TPSA) is 74.1 Å². The van der Waals surface area contributed by atoms with Crippen molar-refractivity contribution in [1.82, 2.24) is 14.5 Å². The molecule has 2 heterocycles. The first-order valence-electron chi connectivity index (χ1n) is 12.6. The number of imidazole rings is 1. The van der Waals surface area contributed by atoms with Crippen LogP contribution < -0.4 is 0 Å². The lowest BCUT2D eigenvalue weighted by Gasteiger charge is -2.20. The summed E-state index contributed by atoms with van der Waals surface area (Å²) in [6.07, 6.45) is 0.804. The number of nitrogens with zero attached hydrogens (tertiary/aromatic N) is 3. The number of carbonyl (C=O) groups excluding carboxylic acids is 2. The number of fused-ring (bicyclic) bond motifs is 2. The Bertz CT molecular complexity index is 1580. The fraction of sp³-hybridized carbons (Fsp3) is 0.290. The van der Waals surface area contributed by atoms with E-state index in [-0.39, 0.29) is 11.4 Å². The molecule has 0 radical (unpaired) electrons. The molecule has 0 spiro atoms. The van der Waals surface area contributed by atoms with Gasteiger partial charge in [0.2, 0.25) is 5.78 Å². The second kappa shape index (κ2) is 9.11. The largest absolute Gasteiger partial charge is 0.456 e. The van der Waals surface area contributed by atoms with Crippen LogP contribution in [0.4, 0.5) is 0 Å². The first kappa shape index (κ1) is 24.6. The van der Waals surface area contributed by atoms with E-state index in [1.54, 1.807) is 26.8 Å². The third-order valence-corrected chi connectivity index (χ3v) is 6.52. The van der Waals surface area contributed by atoms with Crippen molar-refractivity contribution in [2.75, 3.05) is 0 Å². The first-order chi connectivity index (χ1) is 17.6. The number of ketones is 1. The number of rotatable bonds is 5. The van der Waals surface area contributed by atoms with Crippen LogP contribution in [0.3, 0.4) is 0 Å². The van der Waals surface area contributed by atoms with E-state index < -0.39 is 11.6 Å². The van der Waals surface area contributed by atoms with E-state index >= 15 is 0 Å². The SMILES string of the molecule is CCc1nc2c(C)cc(C)nc2n1Cc1ccc(C2=C(C(=O)OC(C)(C)C)C(=O)c3ccccc32)cc1. The lowest BCUT2D eigenvalue weighted by atomic mass is 9.96. The van der Waals surface area contributed by atoms with Gasteiger partial charge in [0.25, 0.3) is 0 Å². The number of aromatic nitrogens is 3. The molecule has 6 heteroatoms. The standard InChI is InChI=1S/C31H31N3O3/c1-7-24-33-27-18(2)16-19(3)32-29(27)34(24)17-20-12-14-21(15-13-20)25-22-10-8-9-11-23(22)28(35)26(25)30(36)37-31(4,5)6/h8-16H,7,17H2,1-6H3. The Balaban J connectivity index is 1.55. The van der Waals surface area contributed by atoms with Crippen molar-refractivity contribution in [3.05, 3.63) is 99.5 Å². The van der Waals surface area contributed by atoms with Gasteiger partial charge < -0.3 is 9.30 Å². The number of esters is 1. The molecular formula is C31H31N3O3. The van der Waals surface area contributed by atoms with Crippen LogP contribution in [0.25, 0.3) is 16.7 Å². The minimum Gasteiger partial charge on any atom is -0.456 e. The molecule has 0 aliphatic heterocycles. The third kappa shape index (κ3) is 4.48. The van der Waals surface area contributed by atoms with Crippen LogP contribution in [0.15, 0.2) is 60.2 Å². The molecule has 1 aliphatic rings. The minimum absolute atomic E-state index is 0.0906. The maximum atomic E-state index is 13.3. The Morgan fingerprint density at radius 1 is 0.973 bits per heavy atom. The lowest BCUT2D eigenvalue weighted by Crippen LogP contribution is -2.26. The average molecular weight is 494 g/mol. The van der Waals surface area contributed by atoms with Crippen molar-refractivity contribution in [1.29, 1.82) is 0 Å². The van der Waals surface area contributed by atoms with E-state index in [1.165, 1.54) is 0 Å². The van der Waals surface area contributed by atoms with E-state index in [4.69, 9.17) is 14.7 Å². The highest BCUT2D eigenvalue weighted by atomic mass is 16.6. The van der Waals surface area contributed by atoms with Crippen LogP contribution in [0.5, 0.6) is 0 Å². The quantitative estimate of drug-likeness (QED) is 0.252. The molecule has 6 nitrogen and oxygen atoms in total. The number of hydrogen-bond acceptors (Lipinski definition) is 5. The highest BCUT2D eigenvalue weighted by Crippen LogP contribution is 2.38. The van der Waals surface area contributed by atoms with Crippen LogP contribution in [0.1, 0.15) is 71.8 Å². The van der Waals surface area contributed by atoms with Gasteiger partial charge in [-0.3, -0.25) is 4.79 Å². The molecule has 1 aliphatic carbocycles. The predicted molar refractivity (Wildman–Crippen MR) is 145 cm³/mol. The van der Waals surface area contributed by atoms with Crippen LogP contribution >= 0.6 is 0 Å². The monoisotopic (exact) mass is 493 g/mol. The fourth-order valence-corrected chi connectivity index (χ4v) is 4.95. The Morgan fingerprint density at radius 3 is 2.30 bits per heavy atom. The van der Waals surface area contributed by atoms with E-state index in [0.29, 0.717) is 17.7 Å². The number of pyridine rings is 1. The van der Waals surface area contributed by atoms with Gasteiger partial charge in [-0.15, -0.1) is 0 Å². The summed E-state index contributed by atoms with van der Waals surface area (Å²) in [5, 5.41) is 0. The van der Waals surface area contributed by atoms with Gasteiger partial charge in [-0.1, -0.05) is 55.5 Å². The van der Waals surface area contributed by atoms with E-state index in [9.17, 15) is 9.59 Å². The Morgan fingerprint density at radius 2 is 1.65 bits per heavy atom. The fourth-order valence-electron chi connectivity index (χ4n) is 4.95. The molecule has 0 N–H and O–H groups in total. The molecule has 0 saturated carbocycles. The van der Waals surface area contributed by atoms with Gasteiger partial charge >= 0.3 is 5.97 Å². The smallest absolute Gasteiger partial charge is 0.343 e. The summed E-state index contributed by atoms with van der Waals surface area (Å²) >= 11 is 0. The van der Waals surface area contributed by atoms with Crippen LogP contribution in [0.2, 0.25) is 0 Å². The molecule has 0 unspecified atom stereocenters. The molecule has 0 atom stereocenters. The van der Waals surface area contributed by atoms with Crippen LogP contribution in [-0.4, -0.2) is 31.9 Å². The summed E-state index contributed by atoms with van der Waals surface area (Å²) in [4.78, 5) is 36.0. The van der Waals surface area contributed by atoms with Crippen molar-refractivity contribution in [3.63, 3.8) is 0 Å². The van der Waals surface area contributed by atoms with Gasteiger partial charge in [0.15, 0.2) is 5.65 Å². The molecular weight excluding hydrogens is 462 g/mol. The summed E-state index contributed by atoms with van der Waals surface area (Å²) in [6, 6.07) is 17.4. The van der Waals surface area contributed by atoms with Crippen molar-refractivity contribution >= 4 is 28.5 Å². The summed E-state index contributed by atoms with van der Waals surface area (Å²) in [6.45, 7) is 12.2. The Labute approximate surface area is 217 Å². The highest BCUT2D eigenvalue weighted by Gasteiger charge is 2.36. The second-order valence-electron chi connectivity index (χ2n) is 10.5. The number of ether oxygens (including phenoxy) is 1. The maximum absolute atomic E-state index is 13.3. The second-order valence-corrected chi connectivity index (χ2v) is 10.5. The molecule has 0 fully saturated rings. The summed E-state index contributed by atoms with van der Waals surface area (Å²) in [7, 11) is 0. The number of benzene rings is 2. The van der Waals surface area contributed by atoms with E-state index in [0.717, 1.165) is 51.4 Å². The molecule has 188 valence electrons. The highest BCUT2D eigenvalue weighted by molar-refractivity contribution is 6.35. The van der Waals surface area contributed by atoms with E-state index in [1.807, 2.05) is 49.4 Å². The normalized spacial score (nSPS) is 13.4. The molecule has 0 saturated heterocycles. The first-order valence-corrected chi connectivity index (χ1v) is 12.6. The molecule has 5 rings (SSSR count). The van der Waals surface area contributed by atoms with Crippen LogP contribution in [-0.2, 0) is 22.5 Å². The van der Waals surface area contributed by atoms with Gasteiger partial charge in [0.05, 0.1) is 6.54 Å². The minimum atomic E-state index is -0.705. The molecule has 37 heavy (non-hydrogen) atoms. The van der Waals surface area contributed by atoms with Gasteiger partial charge in [-0.2, -0.15) is 0 Å². The van der Waals surface area contributed by atoms with Crippen molar-refractivity contribution < 1.29 is 14.3 Å². The van der Waals surface area contributed by atoms with Gasteiger partial charge in [-0.25, -0.2) is 14.8 Å². The third-order valence-electron chi connectivity index (χ3n) is 6.52. The van der Waals surface area contributed by atoms with E-state index in [2.05, 4.69) is 24.5 Å². The molecule has 2 aromatic heterocycles. The summed E-state index contributed by atoms with van der Waals surface area (Å²) in [5.41, 5.74) is 7.09. The average Bonchev–Trinajstić information content (AvgIpc) is 3.34. The van der Waals surface area contributed by atoms with Gasteiger partial charge in [-0.05, 0) is 62.9 Å². The Kier molecular flexibility index (Phi) is 6.06. The number of Topliss-reactive ketones (excluding diaryl/α,β-unsaturated/α-hetero) is 1. The molecule has 4 aromatic rings. The molecule has 2 aromatic carbocycles. The number of aryl methyl sites for hydroxylation is 3. The predicted octanol–water partition coefficient (Wildman–Crippen LogP) is 6.00. The number of hydrogen-bond donors (Lipinski definition) is 0. The summed E-state index contributed by atoms with van der Waals surface area (Å²) in [5.74, 6) is 0.103.